The molecule has 5 N–H and O–H groups in total. The fourth-order valence-electron chi connectivity index (χ4n) is 3.21. The number of amides is 1. The summed E-state index contributed by atoms with van der Waals surface area (Å²) in [5.41, 5.74) is -1.05. The Balaban J connectivity index is 2.02. The van der Waals surface area contributed by atoms with Crippen molar-refractivity contribution in [2.75, 3.05) is 6.54 Å². The molecular formula is C18H17F3N3O5+. The van der Waals surface area contributed by atoms with Gasteiger partial charge in [-0.1, -0.05) is 12.1 Å². The van der Waals surface area contributed by atoms with E-state index in [1.54, 1.807) is 5.32 Å². The smallest absolute Gasteiger partial charge is 0.416 e. The summed E-state index contributed by atoms with van der Waals surface area (Å²) in [5, 5.41) is 22.9. The summed E-state index contributed by atoms with van der Waals surface area (Å²) in [6.45, 7) is -0.198. The van der Waals surface area contributed by atoms with Crippen LogP contribution in [0.2, 0.25) is 0 Å². The van der Waals surface area contributed by atoms with Crippen LogP contribution in [0, 0.1) is 0 Å². The maximum atomic E-state index is 12.9. The molecule has 0 atom stereocenters. The average molecular weight is 412 g/mol. The van der Waals surface area contributed by atoms with Gasteiger partial charge in [0.05, 0.1) is 23.4 Å². The Morgan fingerprint density at radius 2 is 1.83 bits per heavy atom. The molecule has 3 rings (SSSR count). The summed E-state index contributed by atoms with van der Waals surface area (Å²) in [5.74, 6) is -2.87. The summed E-state index contributed by atoms with van der Waals surface area (Å²) in [7, 11) is 0. The van der Waals surface area contributed by atoms with E-state index in [2.05, 4.69) is 0 Å². The van der Waals surface area contributed by atoms with Gasteiger partial charge in [0, 0.05) is 0 Å². The topological polar surface area (TPSA) is 125 Å². The predicted octanol–water partition coefficient (Wildman–Crippen LogP) is 0.0124. The SMILES string of the molecule is O=C(O)CNC(=O)c1c(O)c2c(n(Cc3ccc(C(F)(F)F)cc3)c1=O)C[NH2+]C2. The summed E-state index contributed by atoms with van der Waals surface area (Å²) >= 11 is 0. The van der Waals surface area contributed by atoms with Gasteiger partial charge in [-0.05, 0) is 17.7 Å². The summed E-state index contributed by atoms with van der Waals surface area (Å²) in [6, 6.07) is 4.26. The van der Waals surface area contributed by atoms with Crippen molar-refractivity contribution in [2.24, 2.45) is 0 Å². The molecule has 0 bridgehead atoms. The molecule has 0 radical (unpaired) electrons. The van der Waals surface area contributed by atoms with E-state index >= 15 is 0 Å². The van der Waals surface area contributed by atoms with E-state index in [1.165, 1.54) is 16.7 Å². The van der Waals surface area contributed by atoms with Crippen molar-refractivity contribution in [2.45, 2.75) is 25.8 Å². The first-order valence-electron chi connectivity index (χ1n) is 8.55. The van der Waals surface area contributed by atoms with Crippen LogP contribution in [0.1, 0.15) is 32.7 Å². The molecule has 0 aliphatic carbocycles. The predicted molar refractivity (Wildman–Crippen MR) is 92.2 cm³/mol. The lowest BCUT2D eigenvalue weighted by atomic mass is 10.1. The maximum absolute atomic E-state index is 12.9. The fraction of sp³-hybridized carbons (Fsp3) is 0.278. The lowest BCUT2D eigenvalue weighted by Crippen LogP contribution is -2.77. The van der Waals surface area contributed by atoms with Crippen LogP contribution in [0.3, 0.4) is 0 Å². The number of benzene rings is 1. The van der Waals surface area contributed by atoms with Crippen molar-refractivity contribution in [3.8, 4) is 5.75 Å². The van der Waals surface area contributed by atoms with Gasteiger partial charge in [0.25, 0.3) is 11.5 Å². The summed E-state index contributed by atoms with van der Waals surface area (Å²) in [4.78, 5) is 35.8. The second-order valence-electron chi connectivity index (χ2n) is 6.51. The second kappa shape index (κ2) is 7.59. The van der Waals surface area contributed by atoms with Gasteiger partial charge in [-0.3, -0.25) is 14.4 Å². The number of halogens is 3. The number of nitrogens with zero attached hydrogens (tertiary/aromatic N) is 1. The molecule has 1 aromatic carbocycles. The number of pyridine rings is 1. The van der Waals surface area contributed by atoms with Crippen LogP contribution in [-0.4, -0.2) is 33.2 Å². The van der Waals surface area contributed by atoms with Crippen molar-refractivity contribution in [1.82, 2.24) is 9.88 Å². The Kier molecular flexibility index (Phi) is 5.33. The van der Waals surface area contributed by atoms with Crippen LogP contribution in [0.5, 0.6) is 5.75 Å². The molecule has 0 fully saturated rings. The zero-order chi connectivity index (χ0) is 21.3. The number of aromatic hydroxyl groups is 1. The van der Waals surface area contributed by atoms with E-state index < -0.39 is 47.0 Å². The van der Waals surface area contributed by atoms with Crippen LogP contribution in [-0.2, 0) is 30.6 Å². The van der Waals surface area contributed by atoms with Gasteiger partial charge in [-0.15, -0.1) is 0 Å². The molecule has 1 aliphatic heterocycles. The Morgan fingerprint density at radius 1 is 1.17 bits per heavy atom. The molecule has 2 aromatic rings. The third-order valence-corrected chi connectivity index (χ3v) is 4.59. The number of carbonyl (C=O) groups excluding carboxylic acids is 1. The third kappa shape index (κ3) is 4.09. The van der Waals surface area contributed by atoms with Gasteiger partial charge in [-0.2, -0.15) is 13.2 Å². The fourth-order valence-corrected chi connectivity index (χ4v) is 3.21. The van der Waals surface area contributed by atoms with Crippen molar-refractivity contribution in [3.05, 3.63) is 62.6 Å². The van der Waals surface area contributed by atoms with E-state index in [0.717, 1.165) is 12.1 Å². The van der Waals surface area contributed by atoms with Crippen molar-refractivity contribution in [3.63, 3.8) is 0 Å². The number of alkyl halides is 3. The molecule has 2 heterocycles. The summed E-state index contributed by atoms with van der Waals surface area (Å²) < 4.78 is 39.4. The Hall–Kier alpha value is -3.34. The van der Waals surface area contributed by atoms with Crippen molar-refractivity contribution in [1.29, 1.82) is 0 Å². The number of nitrogens with one attached hydrogen (secondary N) is 1. The number of hydrogen-bond acceptors (Lipinski definition) is 4. The summed E-state index contributed by atoms with van der Waals surface area (Å²) in [6.07, 6.45) is -4.49. The number of aliphatic carboxylic acids is 1. The third-order valence-electron chi connectivity index (χ3n) is 4.59. The Bertz CT molecular complexity index is 1030. The molecule has 29 heavy (non-hydrogen) atoms. The quantitative estimate of drug-likeness (QED) is 0.551. The van der Waals surface area contributed by atoms with Crippen molar-refractivity contribution >= 4 is 11.9 Å². The molecule has 1 aromatic heterocycles. The molecule has 0 unspecified atom stereocenters. The number of carboxylic acid groups (broad SMARTS) is 1. The highest BCUT2D eigenvalue weighted by atomic mass is 19.4. The van der Waals surface area contributed by atoms with E-state index in [4.69, 9.17) is 5.11 Å². The molecular weight excluding hydrogens is 395 g/mol. The second-order valence-corrected chi connectivity index (χ2v) is 6.51. The monoisotopic (exact) mass is 412 g/mol. The van der Waals surface area contributed by atoms with Gasteiger partial charge < -0.3 is 25.4 Å². The molecule has 8 nitrogen and oxygen atoms in total. The molecule has 0 spiro atoms. The lowest BCUT2D eigenvalue weighted by Gasteiger charge is -2.15. The molecule has 154 valence electrons. The maximum Gasteiger partial charge on any atom is 0.416 e. The van der Waals surface area contributed by atoms with Gasteiger partial charge in [0.15, 0.2) is 0 Å². The van der Waals surface area contributed by atoms with E-state index in [-0.39, 0.29) is 6.54 Å². The zero-order valence-corrected chi connectivity index (χ0v) is 14.9. The van der Waals surface area contributed by atoms with Crippen LogP contribution in [0.15, 0.2) is 29.1 Å². The minimum atomic E-state index is -4.49. The van der Waals surface area contributed by atoms with Gasteiger partial charge >= 0.3 is 12.1 Å². The normalized spacial score (nSPS) is 13.2. The number of carboxylic acids is 1. The first kappa shape index (κ1) is 20.4. The number of quaternary nitrogens is 1. The highest BCUT2D eigenvalue weighted by Gasteiger charge is 2.31. The highest BCUT2D eigenvalue weighted by molar-refractivity contribution is 5.98. The van der Waals surface area contributed by atoms with Crippen LogP contribution < -0.4 is 16.2 Å². The standard InChI is InChI=1S/C18H16F3N3O5/c19-18(20,21)10-3-1-9(2-4-10)8-24-12-6-22-5-11(12)15(27)14(17(24)29)16(28)23-7-13(25)26/h1-4,22,27H,5-8H2,(H,23,28)(H,25,26)/p+1. The molecule has 1 aliphatic rings. The van der Waals surface area contributed by atoms with Gasteiger partial charge in [0.1, 0.15) is 30.9 Å². The molecule has 11 heteroatoms. The van der Waals surface area contributed by atoms with Crippen LogP contribution >= 0.6 is 0 Å². The van der Waals surface area contributed by atoms with E-state index in [0.29, 0.717) is 29.9 Å². The number of rotatable bonds is 5. The molecule has 0 saturated heterocycles. The van der Waals surface area contributed by atoms with Crippen LogP contribution in [0.4, 0.5) is 13.2 Å². The molecule has 1 amide bonds. The minimum Gasteiger partial charge on any atom is -0.506 e. The first-order valence-corrected chi connectivity index (χ1v) is 8.55. The zero-order valence-electron chi connectivity index (χ0n) is 14.9. The first-order chi connectivity index (χ1) is 13.6. The van der Waals surface area contributed by atoms with E-state index in [1.807, 2.05) is 5.32 Å². The van der Waals surface area contributed by atoms with E-state index in [9.17, 15) is 32.7 Å². The van der Waals surface area contributed by atoms with Crippen molar-refractivity contribution < 1.29 is 38.3 Å². The van der Waals surface area contributed by atoms with Crippen LogP contribution in [0.25, 0.3) is 0 Å². The minimum absolute atomic E-state index is 0.105. The largest absolute Gasteiger partial charge is 0.506 e. The number of fused-ring (bicyclic) bond motifs is 1. The highest BCUT2D eigenvalue weighted by Crippen LogP contribution is 2.29. The number of aromatic nitrogens is 1. The Labute approximate surface area is 161 Å². The Morgan fingerprint density at radius 3 is 2.41 bits per heavy atom. The number of nitrogens with two attached hydrogens (primary N) is 1. The average Bonchev–Trinajstić information content (AvgIpc) is 3.13. The van der Waals surface area contributed by atoms with Gasteiger partial charge in [0.2, 0.25) is 0 Å². The molecule has 0 saturated carbocycles. The number of hydrogen-bond donors (Lipinski definition) is 4. The number of carbonyl (C=O) groups is 2. The lowest BCUT2D eigenvalue weighted by molar-refractivity contribution is -0.676. The van der Waals surface area contributed by atoms with Gasteiger partial charge in [-0.25, -0.2) is 0 Å².